The number of aryl methyl sites for hydroxylation is 2. The topological polar surface area (TPSA) is 9.23 Å². The van der Waals surface area contributed by atoms with Crippen LogP contribution in [0.3, 0.4) is 0 Å². The summed E-state index contributed by atoms with van der Waals surface area (Å²) < 4.78 is 6.25. The quantitative estimate of drug-likeness (QED) is 0.153. The van der Waals surface area contributed by atoms with Gasteiger partial charge in [-0.2, -0.15) is 0 Å². The monoisotopic (exact) mass is 478 g/mol. The lowest BCUT2D eigenvalue weighted by molar-refractivity contribution is 0.106. The molecule has 2 aromatic rings. The van der Waals surface area contributed by atoms with Gasteiger partial charge in [0.1, 0.15) is 0 Å². The minimum Gasteiger partial charge on any atom is -0.372 e. The molecule has 0 spiro atoms. The van der Waals surface area contributed by atoms with Gasteiger partial charge in [-0.3, -0.25) is 0 Å². The van der Waals surface area contributed by atoms with Gasteiger partial charge in [0.05, 0.1) is 13.2 Å². The molecule has 1 heteroatoms. The zero-order chi connectivity index (χ0) is 24.8. The second kappa shape index (κ2) is 20.6. The Labute approximate surface area is 218 Å². The first-order chi connectivity index (χ1) is 17.3. The van der Waals surface area contributed by atoms with Crippen molar-refractivity contribution < 1.29 is 4.74 Å². The fourth-order valence-electron chi connectivity index (χ4n) is 5.05. The maximum Gasteiger partial charge on any atom is 0.0724 e. The molecule has 0 atom stereocenters. The zero-order valence-corrected chi connectivity index (χ0v) is 23.2. The summed E-state index contributed by atoms with van der Waals surface area (Å²) in [4.78, 5) is 0. The SMILES string of the molecule is CCCCCCCCCCc1ccccc1COCc1ccccc1CCCCCCCCCC. The third-order valence-corrected chi connectivity index (χ3v) is 7.35. The van der Waals surface area contributed by atoms with Crippen LogP contribution >= 0.6 is 0 Å². The standard InChI is InChI=1S/C34H54O/c1-3-5-7-9-11-13-15-17-23-31-25-19-21-27-33(31)29-35-30-34-28-22-20-26-32(34)24-18-16-14-12-10-8-6-4-2/h19-22,25-28H,3-18,23-24,29-30H2,1-2H3. The summed E-state index contributed by atoms with van der Waals surface area (Å²) in [5.41, 5.74) is 5.70. The Kier molecular flexibility index (Phi) is 17.4. The van der Waals surface area contributed by atoms with E-state index in [1.54, 1.807) is 0 Å². The van der Waals surface area contributed by atoms with Gasteiger partial charge in [0.2, 0.25) is 0 Å². The van der Waals surface area contributed by atoms with Gasteiger partial charge in [-0.05, 0) is 47.9 Å². The minimum absolute atomic E-state index is 0.722. The molecule has 0 aliphatic heterocycles. The Bertz CT molecular complexity index is 686. The number of ether oxygens (including phenoxy) is 1. The van der Waals surface area contributed by atoms with Gasteiger partial charge in [-0.25, -0.2) is 0 Å². The van der Waals surface area contributed by atoms with Gasteiger partial charge in [-0.1, -0.05) is 152 Å². The molecule has 0 unspecified atom stereocenters. The molecule has 0 amide bonds. The summed E-state index contributed by atoms with van der Waals surface area (Å²) in [6.07, 6.45) is 24.4. The Balaban J connectivity index is 1.67. The third kappa shape index (κ3) is 13.9. The van der Waals surface area contributed by atoms with Crippen molar-refractivity contribution >= 4 is 0 Å². The molecule has 2 rings (SSSR count). The van der Waals surface area contributed by atoms with E-state index < -0.39 is 0 Å². The molecule has 0 radical (unpaired) electrons. The van der Waals surface area contributed by atoms with Crippen molar-refractivity contribution in [2.75, 3.05) is 0 Å². The van der Waals surface area contributed by atoms with Crippen LogP contribution in [0.2, 0.25) is 0 Å². The third-order valence-electron chi connectivity index (χ3n) is 7.35. The number of rotatable bonds is 22. The van der Waals surface area contributed by atoms with E-state index >= 15 is 0 Å². The Morgan fingerprint density at radius 1 is 0.400 bits per heavy atom. The summed E-state index contributed by atoms with van der Waals surface area (Å²) >= 11 is 0. The highest BCUT2D eigenvalue weighted by Gasteiger charge is 2.06. The van der Waals surface area contributed by atoms with E-state index in [0.29, 0.717) is 0 Å². The van der Waals surface area contributed by atoms with Crippen LogP contribution in [0.15, 0.2) is 48.5 Å². The van der Waals surface area contributed by atoms with Crippen LogP contribution < -0.4 is 0 Å². The lowest BCUT2D eigenvalue weighted by atomic mass is 10.00. The molecule has 196 valence electrons. The average molecular weight is 479 g/mol. The van der Waals surface area contributed by atoms with Crippen LogP contribution in [-0.4, -0.2) is 0 Å². The van der Waals surface area contributed by atoms with E-state index in [2.05, 4.69) is 62.4 Å². The van der Waals surface area contributed by atoms with E-state index in [0.717, 1.165) is 13.2 Å². The summed E-state index contributed by atoms with van der Waals surface area (Å²) in [5.74, 6) is 0. The van der Waals surface area contributed by atoms with Gasteiger partial charge in [-0.15, -0.1) is 0 Å². The predicted molar refractivity (Wildman–Crippen MR) is 154 cm³/mol. The molecule has 0 heterocycles. The minimum atomic E-state index is 0.722. The van der Waals surface area contributed by atoms with Crippen LogP contribution in [0, 0.1) is 0 Å². The van der Waals surface area contributed by atoms with Gasteiger partial charge < -0.3 is 4.74 Å². The first-order valence-corrected chi connectivity index (χ1v) is 15.1. The Morgan fingerprint density at radius 3 is 1.09 bits per heavy atom. The van der Waals surface area contributed by atoms with Gasteiger partial charge in [0.15, 0.2) is 0 Å². The van der Waals surface area contributed by atoms with Crippen molar-refractivity contribution in [1.29, 1.82) is 0 Å². The van der Waals surface area contributed by atoms with Crippen molar-refractivity contribution in [1.82, 2.24) is 0 Å². The maximum absolute atomic E-state index is 6.25. The lowest BCUT2D eigenvalue weighted by Gasteiger charge is -2.13. The molecule has 0 bridgehead atoms. The van der Waals surface area contributed by atoms with Crippen molar-refractivity contribution in [2.45, 2.75) is 143 Å². The smallest absolute Gasteiger partial charge is 0.0724 e. The van der Waals surface area contributed by atoms with E-state index in [1.807, 2.05) is 0 Å². The molecule has 0 aliphatic carbocycles. The number of benzene rings is 2. The summed E-state index contributed by atoms with van der Waals surface area (Å²) in [6.45, 7) is 6.02. The molecule has 0 saturated heterocycles. The molecule has 0 saturated carbocycles. The molecular formula is C34H54O. The van der Waals surface area contributed by atoms with Crippen molar-refractivity contribution in [2.24, 2.45) is 0 Å². The van der Waals surface area contributed by atoms with Crippen molar-refractivity contribution in [3.05, 3.63) is 70.8 Å². The molecular weight excluding hydrogens is 424 g/mol. The predicted octanol–water partition coefficient (Wildman–Crippen LogP) is 10.8. The molecule has 0 N–H and O–H groups in total. The number of hydrogen-bond acceptors (Lipinski definition) is 1. The summed E-state index contributed by atoms with van der Waals surface area (Å²) in [7, 11) is 0. The molecule has 0 fully saturated rings. The molecule has 2 aromatic carbocycles. The maximum atomic E-state index is 6.25. The first kappa shape index (κ1) is 29.6. The number of hydrogen-bond donors (Lipinski definition) is 0. The van der Waals surface area contributed by atoms with Crippen LogP contribution in [0.1, 0.15) is 139 Å². The largest absolute Gasteiger partial charge is 0.372 e. The fraction of sp³-hybridized carbons (Fsp3) is 0.647. The highest BCUT2D eigenvalue weighted by molar-refractivity contribution is 5.28. The first-order valence-electron chi connectivity index (χ1n) is 15.1. The van der Waals surface area contributed by atoms with E-state index in [4.69, 9.17) is 4.74 Å². The number of unbranched alkanes of at least 4 members (excludes halogenated alkanes) is 14. The average Bonchev–Trinajstić information content (AvgIpc) is 2.89. The second-order valence-electron chi connectivity index (χ2n) is 10.5. The highest BCUT2D eigenvalue weighted by atomic mass is 16.5. The Hall–Kier alpha value is -1.60. The van der Waals surface area contributed by atoms with Crippen LogP contribution in [-0.2, 0) is 30.8 Å². The van der Waals surface area contributed by atoms with Crippen molar-refractivity contribution in [3.8, 4) is 0 Å². The molecule has 0 aliphatic rings. The van der Waals surface area contributed by atoms with Crippen molar-refractivity contribution in [3.63, 3.8) is 0 Å². The fourth-order valence-corrected chi connectivity index (χ4v) is 5.05. The Morgan fingerprint density at radius 2 is 0.714 bits per heavy atom. The van der Waals surface area contributed by atoms with Gasteiger partial charge in [0.25, 0.3) is 0 Å². The van der Waals surface area contributed by atoms with Crippen LogP contribution in [0.25, 0.3) is 0 Å². The summed E-state index contributed by atoms with van der Waals surface area (Å²) in [5, 5.41) is 0. The highest BCUT2D eigenvalue weighted by Crippen LogP contribution is 2.19. The lowest BCUT2D eigenvalue weighted by Crippen LogP contribution is -2.01. The van der Waals surface area contributed by atoms with Gasteiger partial charge >= 0.3 is 0 Å². The second-order valence-corrected chi connectivity index (χ2v) is 10.5. The van der Waals surface area contributed by atoms with E-state index in [1.165, 1.54) is 138 Å². The van der Waals surface area contributed by atoms with Crippen LogP contribution in [0.4, 0.5) is 0 Å². The van der Waals surface area contributed by atoms with E-state index in [9.17, 15) is 0 Å². The molecule has 1 nitrogen and oxygen atoms in total. The normalized spacial score (nSPS) is 11.3. The summed E-state index contributed by atoms with van der Waals surface area (Å²) in [6, 6.07) is 17.8. The van der Waals surface area contributed by atoms with Crippen LogP contribution in [0.5, 0.6) is 0 Å². The van der Waals surface area contributed by atoms with Gasteiger partial charge in [0, 0.05) is 0 Å². The zero-order valence-electron chi connectivity index (χ0n) is 23.2. The molecule has 35 heavy (non-hydrogen) atoms. The van der Waals surface area contributed by atoms with E-state index in [-0.39, 0.29) is 0 Å². The molecule has 0 aromatic heterocycles.